The summed E-state index contributed by atoms with van der Waals surface area (Å²) in [7, 11) is 0. The molecule has 0 spiro atoms. The van der Waals surface area contributed by atoms with Crippen molar-refractivity contribution in [3.63, 3.8) is 0 Å². The van der Waals surface area contributed by atoms with E-state index in [4.69, 9.17) is 5.26 Å². The van der Waals surface area contributed by atoms with E-state index in [0.717, 1.165) is 36.6 Å². The summed E-state index contributed by atoms with van der Waals surface area (Å²) in [5, 5.41) is 9.01. The summed E-state index contributed by atoms with van der Waals surface area (Å²) in [6.45, 7) is 4.04. The maximum Gasteiger partial charge on any atom is 0.226 e. The van der Waals surface area contributed by atoms with Gasteiger partial charge in [-0.05, 0) is 37.7 Å². The van der Waals surface area contributed by atoms with E-state index in [-0.39, 0.29) is 0 Å². The van der Waals surface area contributed by atoms with Crippen molar-refractivity contribution >= 4 is 5.95 Å². The van der Waals surface area contributed by atoms with E-state index in [1.807, 2.05) is 6.92 Å². The van der Waals surface area contributed by atoms with Gasteiger partial charge in [0.2, 0.25) is 5.95 Å². The molecule has 0 amide bonds. The summed E-state index contributed by atoms with van der Waals surface area (Å²) in [5.41, 5.74) is 1.36. The van der Waals surface area contributed by atoms with Gasteiger partial charge in [-0.15, -0.1) is 0 Å². The van der Waals surface area contributed by atoms with Gasteiger partial charge in [-0.2, -0.15) is 5.26 Å². The molecule has 1 aliphatic carbocycles. The highest BCUT2D eigenvalue weighted by Crippen LogP contribution is 2.36. The van der Waals surface area contributed by atoms with Crippen molar-refractivity contribution in [3.05, 3.63) is 17.5 Å². The van der Waals surface area contributed by atoms with E-state index in [2.05, 4.69) is 20.9 Å². The monoisotopic (exact) mass is 256 g/mol. The molecule has 1 aromatic heterocycles. The van der Waals surface area contributed by atoms with Crippen LogP contribution in [0.15, 0.2) is 6.07 Å². The van der Waals surface area contributed by atoms with Crippen LogP contribution in [0.3, 0.4) is 0 Å². The molecule has 0 bridgehead atoms. The second-order valence-electron chi connectivity index (χ2n) is 5.85. The first-order valence-electron chi connectivity index (χ1n) is 7.27. The van der Waals surface area contributed by atoms with Crippen molar-refractivity contribution in [2.24, 2.45) is 11.8 Å². The highest BCUT2D eigenvalue weighted by molar-refractivity contribution is 5.36. The summed E-state index contributed by atoms with van der Waals surface area (Å²) < 4.78 is 0. The molecule has 2 unspecified atom stereocenters. The third-order valence-corrected chi connectivity index (χ3v) is 4.53. The minimum absolute atomic E-state index is 0.480. The van der Waals surface area contributed by atoms with E-state index in [1.54, 1.807) is 6.07 Å². The van der Waals surface area contributed by atoms with Crippen LogP contribution in [-0.4, -0.2) is 23.1 Å². The molecule has 1 saturated heterocycles. The zero-order chi connectivity index (χ0) is 13.2. The smallest absolute Gasteiger partial charge is 0.226 e. The van der Waals surface area contributed by atoms with Crippen molar-refractivity contribution in [3.8, 4) is 6.07 Å². The standard InChI is InChI=1S/C15H20N4/c1-11-8-14(9-16)18-15(17-11)19-7-6-12-4-2-3-5-13(12)10-19/h8,12-13H,2-7,10H2,1H3. The number of hydrogen-bond acceptors (Lipinski definition) is 4. The van der Waals surface area contributed by atoms with Gasteiger partial charge in [-0.1, -0.05) is 19.3 Å². The Morgan fingerprint density at radius 1 is 1.21 bits per heavy atom. The topological polar surface area (TPSA) is 52.8 Å². The molecule has 2 atom stereocenters. The predicted molar refractivity (Wildman–Crippen MR) is 73.8 cm³/mol. The molecule has 0 aromatic carbocycles. The van der Waals surface area contributed by atoms with Crippen molar-refractivity contribution in [1.29, 1.82) is 5.26 Å². The van der Waals surface area contributed by atoms with Crippen LogP contribution in [0.1, 0.15) is 43.5 Å². The Hall–Kier alpha value is -1.63. The SMILES string of the molecule is Cc1cc(C#N)nc(N2CCC3CCCCC3C2)n1. The van der Waals surface area contributed by atoms with Gasteiger partial charge < -0.3 is 4.90 Å². The number of rotatable bonds is 1. The molecule has 4 heteroatoms. The van der Waals surface area contributed by atoms with Gasteiger partial charge >= 0.3 is 0 Å². The lowest BCUT2D eigenvalue weighted by Gasteiger charge is -2.41. The quantitative estimate of drug-likeness (QED) is 0.775. The molecule has 19 heavy (non-hydrogen) atoms. The number of hydrogen-bond donors (Lipinski definition) is 0. The molecule has 3 rings (SSSR count). The molecule has 4 nitrogen and oxygen atoms in total. The van der Waals surface area contributed by atoms with E-state index in [1.165, 1.54) is 32.1 Å². The highest BCUT2D eigenvalue weighted by atomic mass is 15.3. The molecular formula is C15H20N4. The fourth-order valence-corrected chi connectivity index (χ4v) is 3.53. The van der Waals surface area contributed by atoms with E-state index in [9.17, 15) is 0 Å². The number of aryl methyl sites for hydroxylation is 1. The molecule has 100 valence electrons. The normalized spacial score (nSPS) is 26.6. The molecule has 2 heterocycles. The van der Waals surface area contributed by atoms with Crippen molar-refractivity contribution in [2.75, 3.05) is 18.0 Å². The van der Waals surface area contributed by atoms with Crippen LogP contribution < -0.4 is 4.90 Å². The van der Waals surface area contributed by atoms with Crippen LogP contribution in [-0.2, 0) is 0 Å². The Labute approximate surface area is 114 Å². The van der Waals surface area contributed by atoms with E-state index in [0.29, 0.717) is 5.69 Å². The van der Waals surface area contributed by atoms with Crippen LogP contribution in [0.5, 0.6) is 0 Å². The molecular weight excluding hydrogens is 236 g/mol. The van der Waals surface area contributed by atoms with Crippen LogP contribution >= 0.6 is 0 Å². The number of piperidine rings is 1. The second-order valence-corrected chi connectivity index (χ2v) is 5.85. The first-order valence-corrected chi connectivity index (χ1v) is 7.27. The van der Waals surface area contributed by atoms with Crippen LogP contribution in [0, 0.1) is 30.1 Å². The largest absolute Gasteiger partial charge is 0.340 e. The second kappa shape index (κ2) is 5.16. The average molecular weight is 256 g/mol. The Kier molecular flexibility index (Phi) is 3.37. The molecule has 2 aliphatic rings. The first-order chi connectivity index (χ1) is 9.26. The minimum atomic E-state index is 0.480. The predicted octanol–water partition coefficient (Wildman–Crippen LogP) is 2.67. The van der Waals surface area contributed by atoms with Crippen molar-refractivity contribution < 1.29 is 0 Å². The Bertz CT molecular complexity index is 505. The molecule has 0 N–H and O–H groups in total. The number of fused-ring (bicyclic) bond motifs is 1. The lowest BCUT2D eigenvalue weighted by molar-refractivity contribution is 0.201. The number of anilines is 1. The summed E-state index contributed by atoms with van der Waals surface area (Å²) in [5.74, 6) is 2.46. The maximum absolute atomic E-state index is 9.01. The first kappa shape index (κ1) is 12.4. The molecule has 0 radical (unpaired) electrons. The summed E-state index contributed by atoms with van der Waals surface area (Å²) in [4.78, 5) is 11.2. The summed E-state index contributed by atoms with van der Waals surface area (Å²) >= 11 is 0. The lowest BCUT2D eigenvalue weighted by Crippen LogP contribution is -2.42. The van der Waals surface area contributed by atoms with Gasteiger partial charge in [0.05, 0.1) is 0 Å². The minimum Gasteiger partial charge on any atom is -0.340 e. The van der Waals surface area contributed by atoms with E-state index < -0.39 is 0 Å². The summed E-state index contributed by atoms with van der Waals surface area (Å²) in [6, 6.07) is 3.87. The van der Waals surface area contributed by atoms with Gasteiger partial charge in [0.15, 0.2) is 0 Å². The van der Waals surface area contributed by atoms with Crippen LogP contribution in [0.25, 0.3) is 0 Å². The van der Waals surface area contributed by atoms with Gasteiger partial charge in [0.1, 0.15) is 11.8 Å². The molecule has 2 fully saturated rings. The highest BCUT2D eigenvalue weighted by Gasteiger charge is 2.32. The van der Waals surface area contributed by atoms with Gasteiger partial charge in [0.25, 0.3) is 0 Å². The zero-order valence-corrected chi connectivity index (χ0v) is 11.5. The maximum atomic E-state index is 9.01. The number of aromatic nitrogens is 2. The number of nitriles is 1. The van der Waals surface area contributed by atoms with E-state index >= 15 is 0 Å². The molecule has 1 aliphatic heterocycles. The van der Waals surface area contributed by atoms with Crippen LogP contribution in [0.2, 0.25) is 0 Å². The van der Waals surface area contributed by atoms with Crippen molar-refractivity contribution in [1.82, 2.24) is 9.97 Å². The van der Waals surface area contributed by atoms with Crippen molar-refractivity contribution in [2.45, 2.75) is 39.0 Å². The Morgan fingerprint density at radius 3 is 2.79 bits per heavy atom. The third-order valence-electron chi connectivity index (χ3n) is 4.53. The van der Waals surface area contributed by atoms with Crippen LogP contribution in [0.4, 0.5) is 5.95 Å². The summed E-state index contributed by atoms with van der Waals surface area (Å²) in [6.07, 6.45) is 6.77. The Morgan fingerprint density at radius 2 is 2.00 bits per heavy atom. The van der Waals surface area contributed by atoms with Gasteiger partial charge in [-0.3, -0.25) is 0 Å². The third kappa shape index (κ3) is 2.56. The van der Waals surface area contributed by atoms with Gasteiger partial charge in [0, 0.05) is 18.8 Å². The fraction of sp³-hybridized carbons (Fsp3) is 0.667. The molecule has 1 saturated carbocycles. The van der Waals surface area contributed by atoms with Gasteiger partial charge in [-0.25, -0.2) is 9.97 Å². The fourth-order valence-electron chi connectivity index (χ4n) is 3.53. The lowest BCUT2D eigenvalue weighted by atomic mass is 9.75. The Balaban J connectivity index is 1.79. The zero-order valence-electron chi connectivity index (χ0n) is 11.5. The molecule has 1 aromatic rings. The number of nitrogens with zero attached hydrogens (tertiary/aromatic N) is 4. The average Bonchev–Trinajstić information content (AvgIpc) is 2.46.